The minimum atomic E-state index is -0.0210. The van der Waals surface area contributed by atoms with Gasteiger partial charge in [0, 0.05) is 18.6 Å². The maximum Gasteiger partial charge on any atom is 0.223 e. The number of nitrogens with two attached hydrogens (primary N) is 1. The molecule has 1 saturated carbocycles. The summed E-state index contributed by atoms with van der Waals surface area (Å²) in [5.74, 6) is 0.884. The van der Waals surface area contributed by atoms with Crippen LogP contribution in [0.4, 0.5) is 0 Å². The molecule has 0 saturated heterocycles. The van der Waals surface area contributed by atoms with Gasteiger partial charge in [0.2, 0.25) is 5.91 Å². The zero-order valence-corrected chi connectivity index (χ0v) is 12.6. The summed E-state index contributed by atoms with van der Waals surface area (Å²) in [7, 11) is 0. The molecular formula is C15H30N2O2. The van der Waals surface area contributed by atoms with Crippen molar-refractivity contribution in [1.82, 2.24) is 5.32 Å². The Morgan fingerprint density at radius 2 is 1.89 bits per heavy atom. The second-order valence-corrected chi connectivity index (χ2v) is 6.89. The van der Waals surface area contributed by atoms with E-state index in [0.29, 0.717) is 12.3 Å². The van der Waals surface area contributed by atoms with Crippen LogP contribution in [0.25, 0.3) is 0 Å². The molecule has 1 aliphatic carbocycles. The maximum absolute atomic E-state index is 12.3. The molecule has 4 nitrogen and oxygen atoms in total. The van der Waals surface area contributed by atoms with E-state index < -0.39 is 0 Å². The summed E-state index contributed by atoms with van der Waals surface area (Å²) in [4.78, 5) is 12.3. The first kappa shape index (κ1) is 16.4. The van der Waals surface area contributed by atoms with Crippen LogP contribution in [0.5, 0.6) is 0 Å². The normalized spacial score (nSPS) is 25.9. The minimum absolute atomic E-state index is 0.0210. The van der Waals surface area contributed by atoms with Gasteiger partial charge < -0.3 is 16.2 Å². The van der Waals surface area contributed by atoms with E-state index >= 15 is 0 Å². The van der Waals surface area contributed by atoms with Crippen molar-refractivity contribution in [3.8, 4) is 0 Å². The Morgan fingerprint density at radius 3 is 2.32 bits per heavy atom. The van der Waals surface area contributed by atoms with Crippen LogP contribution in [0, 0.1) is 17.3 Å². The van der Waals surface area contributed by atoms with E-state index in [2.05, 4.69) is 26.1 Å². The molecule has 0 spiro atoms. The van der Waals surface area contributed by atoms with Gasteiger partial charge in [0.25, 0.3) is 0 Å². The highest BCUT2D eigenvalue weighted by Gasteiger charge is 2.30. The average molecular weight is 270 g/mol. The highest BCUT2D eigenvalue weighted by molar-refractivity contribution is 5.79. The van der Waals surface area contributed by atoms with E-state index in [1.165, 1.54) is 0 Å². The first-order valence-electron chi connectivity index (χ1n) is 7.49. The van der Waals surface area contributed by atoms with Crippen molar-refractivity contribution in [2.75, 3.05) is 13.2 Å². The quantitative estimate of drug-likeness (QED) is 0.711. The van der Waals surface area contributed by atoms with Gasteiger partial charge in [-0.2, -0.15) is 0 Å². The second-order valence-electron chi connectivity index (χ2n) is 6.89. The second kappa shape index (κ2) is 7.25. The molecule has 0 aromatic heterocycles. The third kappa shape index (κ3) is 5.11. The highest BCUT2D eigenvalue weighted by atomic mass is 16.3. The Balaban J connectivity index is 2.49. The number of hydrogen-bond acceptors (Lipinski definition) is 3. The minimum Gasteiger partial charge on any atom is -0.396 e. The maximum atomic E-state index is 12.3. The lowest BCUT2D eigenvalue weighted by Gasteiger charge is -2.34. The van der Waals surface area contributed by atoms with Gasteiger partial charge >= 0.3 is 0 Å². The van der Waals surface area contributed by atoms with Gasteiger partial charge in [-0.05, 0) is 50.0 Å². The summed E-state index contributed by atoms with van der Waals surface area (Å²) < 4.78 is 0. The Hall–Kier alpha value is -0.610. The zero-order chi connectivity index (χ0) is 14.5. The molecule has 0 radical (unpaired) electrons. The summed E-state index contributed by atoms with van der Waals surface area (Å²) in [6, 6.07) is 0.0391. The Bertz CT molecular complexity index is 278. The monoisotopic (exact) mass is 270 g/mol. The number of aliphatic hydroxyl groups is 1. The van der Waals surface area contributed by atoms with Crippen LogP contribution in [-0.2, 0) is 4.79 Å². The van der Waals surface area contributed by atoms with Gasteiger partial charge in [0.1, 0.15) is 0 Å². The average Bonchev–Trinajstić information content (AvgIpc) is 2.37. The standard InChI is InChI=1S/C15H30N2O2/c1-15(2,3)13(8-9-18)17-14(19)12-6-4-11(10-16)5-7-12/h11-13,18H,4-10,16H2,1-3H3,(H,17,19). The summed E-state index contributed by atoms with van der Waals surface area (Å²) in [5.41, 5.74) is 5.65. The summed E-state index contributed by atoms with van der Waals surface area (Å²) >= 11 is 0. The molecular weight excluding hydrogens is 240 g/mol. The number of carbonyl (C=O) groups excluding carboxylic acids is 1. The lowest BCUT2D eigenvalue weighted by atomic mass is 9.80. The van der Waals surface area contributed by atoms with Crippen LogP contribution in [0.15, 0.2) is 0 Å². The molecule has 0 heterocycles. The molecule has 4 heteroatoms. The first-order chi connectivity index (χ1) is 8.88. The first-order valence-corrected chi connectivity index (χ1v) is 7.49. The fourth-order valence-corrected chi connectivity index (χ4v) is 2.80. The largest absolute Gasteiger partial charge is 0.396 e. The molecule has 0 aromatic carbocycles. The van der Waals surface area contributed by atoms with Crippen LogP contribution in [0.1, 0.15) is 52.9 Å². The number of aliphatic hydroxyl groups excluding tert-OH is 1. The molecule has 4 N–H and O–H groups in total. The molecule has 1 rings (SSSR count). The molecule has 19 heavy (non-hydrogen) atoms. The molecule has 0 aromatic rings. The van der Waals surface area contributed by atoms with Gasteiger partial charge in [0.15, 0.2) is 0 Å². The van der Waals surface area contributed by atoms with Crippen molar-refractivity contribution in [3.63, 3.8) is 0 Å². The lowest BCUT2D eigenvalue weighted by Crippen LogP contribution is -2.47. The topological polar surface area (TPSA) is 75.3 Å². The molecule has 112 valence electrons. The van der Waals surface area contributed by atoms with E-state index in [4.69, 9.17) is 10.8 Å². The van der Waals surface area contributed by atoms with Crippen LogP contribution < -0.4 is 11.1 Å². The third-order valence-corrected chi connectivity index (χ3v) is 4.33. The number of amides is 1. The molecule has 1 aliphatic rings. The van der Waals surface area contributed by atoms with Crippen molar-refractivity contribution in [3.05, 3.63) is 0 Å². The lowest BCUT2D eigenvalue weighted by molar-refractivity contribution is -0.127. The summed E-state index contributed by atoms with van der Waals surface area (Å²) in [6.07, 6.45) is 4.64. The molecule has 1 unspecified atom stereocenters. The van der Waals surface area contributed by atoms with Crippen molar-refractivity contribution in [2.24, 2.45) is 23.0 Å². The molecule has 1 amide bonds. The SMILES string of the molecule is CC(C)(C)C(CCO)NC(=O)C1CCC(CN)CC1. The number of rotatable bonds is 5. The predicted octanol–water partition coefficient (Wildman–Crippen LogP) is 1.66. The highest BCUT2D eigenvalue weighted by Crippen LogP contribution is 2.29. The van der Waals surface area contributed by atoms with Gasteiger partial charge in [-0.1, -0.05) is 20.8 Å². The van der Waals surface area contributed by atoms with E-state index in [0.717, 1.165) is 32.2 Å². The molecule has 0 aliphatic heterocycles. The Labute approximate surface area is 117 Å². The van der Waals surface area contributed by atoms with Gasteiger partial charge in [-0.3, -0.25) is 4.79 Å². The van der Waals surface area contributed by atoms with Gasteiger partial charge in [-0.25, -0.2) is 0 Å². The van der Waals surface area contributed by atoms with Crippen LogP contribution >= 0.6 is 0 Å². The van der Waals surface area contributed by atoms with E-state index in [-0.39, 0.29) is 29.9 Å². The Kier molecular flexibility index (Phi) is 6.27. The van der Waals surface area contributed by atoms with Crippen LogP contribution in [0.3, 0.4) is 0 Å². The zero-order valence-electron chi connectivity index (χ0n) is 12.6. The van der Waals surface area contributed by atoms with Crippen molar-refractivity contribution in [2.45, 2.75) is 58.9 Å². The number of nitrogens with one attached hydrogen (secondary N) is 1. The smallest absolute Gasteiger partial charge is 0.223 e. The number of carbonyl (C=O) groups is 1. The summed E-state index contributed by atoms with van der Waals surface area (Å²) in [5, 5.41) is 12.3. The number of hydrogen-bond donors (Lipinski definition) is 3. The fraction of sp³-hybridized carbons (Fsp3) is 0.933. The molecule has 1 fully saturated rings. The molecule has 1 atom stereocenters. The predicted molar refractivity (Wildman–Crippen MR) is 77.6 cm³/mol. The van der Waals surface area contributed by atoms with Gasteiger partial charge in [0.05, 0.1) is 0 Å². The molecule has 0 bridgehead atoms. The van der Waals surface area contributed by atoms with E-state index in [9.17, 15) is 4.79 Å². The van der Waals surface area contributed by atoms with Crippen molar-refractivity contribution in [1.29, 1.82) is 0 Å². The third-order valence-electron chi connectivity index (χ3n) is 4.33. The Morgan fingerprint density at radius 1 is 1.32 bits per heavy atom. The van der Waals surface area contributed by atoms with Crippen molar-refractivity contribution >= 4 is 5.91 Å². The van der Waals surface area contributed by atoms with Gasteiger partial charge in [-0.15, -0.1) is 0 Å². The van der Waals surface area contributed by atoms with E-state index in [1.54, 1.807) is 0 Å². The van der Waals surface area contributed by atoms with Crippen molar-refractivity contribution < 1.29 is 9.90 Å². The van der Waals surface area contributed by atoms with Crippen LogP contribution in [0.2, 0.25) is 0 Å². The summed E-state index contributed by atoms with van der Waals surface area (Å²) in [6.45, 7) is 7.14. The van der Waals surface area contributed by atoms with Crippen LogP contribution in [-0.4, -0.2) is 30.2 Å². The van der Waals surface area contributed by atoms with E-state index in [1.807, 2.05) is 0 Å². The fourth-order valence-electron chi connectivity index (χ4n) is 2.80.